The molecule has 0 unspecified atom stereocenters. The van der Waals surface area contributed by atoms with E-state index in [1.165, 1.54) is 9.13 Å². The molecule has 182 valence electrons. The van der Waals surface area contributed by atoms with Crippen LogP contribution < -0.4 is 10.6 Å². The van der Waals surface area contributed by atoms with Gasteiger partial charge in [-0.3, -0.25) is 4.79 Å². The van der Waals surface area contributed by atoms with E-state index in [1.807, 2.05) is 20.8 Å². The van der Waals surface area contributed by atoms with Gasteiger partial charge in [-0.05, 0) is 73.9 Å². The van der Waals surface area contributed by atoms with Crippen LogP contribution in [0.3, 0.4) is 0 Å². The predicted molar refractivity (Wildman–Crippen MR) is 132 cm³/mol. The Morgan fingerprint density at radius 1 is 0.844 bits per heavy atom. The first-order valence-electron chi connectivity index (χ1n) is 11.0. The Morgan fingerprint density at radius 2 is 1.38 bits per heavy atom. The van der Waals surface area contributed by atoms with Crippen molar-refractivity contribution in [3.05, 3.63) is 33.4 Å². The van der Waals surface area contributed by atoms with Gasteiger partial charge in [-0.15, -0.1) is 0 Å². The van der Waals surface area contributed by atoms with Gasteiger partial charge < -0.3 is 29.6 Å². The van der Waals surface area contributed by atoms with Crippen LogP contribution >= 0.6 is 22.6 Å². The fraction of sp³-hybridized carbons (Fsp3) is 0.652. The molecule has 1 aromatic rings. The Balaban J connectivity index is 1.82. The fourth-order valence-corrected chi connectivity index (χ4v) is 2.90. The number of aryl methyl sites for hydroxylation is 1. The molecular weight excluding hydrogens is 527 g/mol. The quantitative estimate of drug-likeness (QED) is 0.237. The Hall–Kier alpha value is -1.43. The van der Waals surface area contributed by atoms with Crippen LogP contribution in [0.5, 0.6) is 0 Å². The molecule has 0 aliphatic carbocycles. The third-order valence-electron chi connectivity index (χ3n) is 4.01. The normalized spacial score (nSPS) is 11.2. The van der Waals surface area contributed by atoms with Crippen LogP contribution in [0.1, 0.15) is 39.2 Å². The number of nitrogens with one attached hydrogen (secondary N) is 2. The molecular formula is C23H37IN2O6. The van der Waals surface area contributed by atoms with Gasteiger partial charge in [-0.2, -0.15) is 0 Å². The SMILES string of the molecule is CC(C)(C)OC(=O)NCCOCCOCCOCCNC(=O)CCCc1ccc(I)cc1. The van der Waals surface area contributed by atoms with Crippen LogP contribution in [0.4, 0.5) is 4.79 Å². The van der Waals surface area contributed by atoms with Gasteiger partial charge in [0.2, 0.25) is 5.91 Å². The van der Waals surface area contributed by atoms with Crippen molar-refractivity contribution in [2.75, 3.05) is 52.7 Å². The van der Waals surface area contributed by atoms with Crippen LogP contribution in [-0.4, -0.2) is 70.3 Å². The van der Waals surface area contributed by atoms with Gasteiger partial charge >= 0.3 is 6.09 Å². The van der Waals surface area contributed by atoms with Crippen molar-refractivity contribution >= 4 is 34.6 Å². The third-order valence-corrected chi connectivity index (χ3v) is 4.73. The zero-order valence-electron chi connectivity index (χ0n) is 19.4. The number of amides is 2. The molecule has 0 aliphatic rings. The van der Waals surface area contributed by atoms with Gasteiger partial charge in [-0.1, -0.05) is 12.1 Å². The van der Waals surface area contributed by atoms with Gasteiger partial charge in [0, 0.05) is 23.1 Å². The highest BCUT2D eigenvalue weighted by molar-refractivity contribution is 14.1. The molecule has 0 heterocycles. The minimum Gasteiger partial charge on any atom is -0.444 e. The maximum Gasteiger partial charge on any atom is 0.407 e. The highest BCUT2D eigenvalue weighted by Gasteiger charge is 2.15. The topological polar surface area (TPSA) is 95.1 Å². The van der Waals surface area contributed by atoms with Crippen molar-refractivity contribution < 1.29 is 28.5 Å². The van der Waals surface area contributed by atoms with Crippen molar-refractivity contribution in [3.8, 4) is 0 Å². The summed E-state index contributed by atoms with van der Waals surface area (Å²) in [6.45, 7) is 8.99. The number of hydrogen-bond donors (Lipinski definition) is 2. The van der Waals surface area contributed by atoms with Crippen molar-refractivity contribution in [2.45, 2.75) is 45.6 Å². The number of carbonyl (C=O) groups is 2. The molecule has 0 radical (unpaired) electrons. The molecule has 8 nitrogen and oxygen atoms in total. The first kappa shape index (κ1) is 28.6. The number of halogens is 1. The molecule has 1 rings (SSSR count). The zero-order chi connectivity index (χ0) is 23.7. The molecule has 1 aromatic carbocycles. The smallest absolute Gasteiger partial charge is 0.407 e. The second-order valence-corrected chi connectivity index (χ2v) is 9.34. The highest BCUT2D eigenvalue weighted by atomic mass is 127. The van der Waals surface area contributed by atoms with E-state index in [4.69, 9.17) is 18.9 Å². The monoisotopic (exact) mass is 564 g/mol. The van der Waals surface area contributed by atoms with E-state index in [0.717, 1.165) is 12.8 Å². The highest BCUT2D eigenvalue weighted by Crippen LogP contribution is 2.09. The molecule has 32 heavy (non-hydrogen) atoms. The average Bonchev–Trinajstić information content (AvgIpc) is 2.71. The molecule has 0 aliphatic heterocycles. The summed E-state index contributed by atoms with van der Waals surface area (Å²) < 4.78 is 22.5. The van der Waals surface area contributed by atoms with Crippen LogP contribution in [0.2, 0.25) is 0 Å². The summed E-state index contributed by atoms with van der Waals surface area (Å²) in [4.78, 5) is 23.3. The fourth-order valence-electron chi connectivity index (χ4n) is 2.54. The molecule has 9 heteroatoms. The molecule has 0 bridgehead atoms. The number of carbonyl (C=O) groups excluding carboxylic acids is 2. The number of hydrogen-bond acceptors (Lipinski definition) is 6. The minimum absolute atomic E-state index is 0.0497. The standard InChI is InChI=1S/C23H37IN2O6/c1-23(2,3)32-22(28)26-12-14-30-16-18-31-17-15-29-13-11-25-21(27)6-4-5-19-7-9-20(24)10-8-19/h7-10H,4-6,11-18H2,1-3H3,(H,25,27)(H,26,28). The summed E-state index contributed by atoms with van der Waals surface area (Å²) in [5.74, 6) is 0.0497. The summed E-state index contributed by atoms with van der Waals surface area (Å²) in [6.07, 6.45) is 1.80. The van der Waals surface area contributed by atoms with Crippen molar-refractivity contribution in [2.24, 2.45) is 0 Å². The van der Waals surface area contributed by atoms with Crippen molar-refractivity contribution in [1.29, 1.82) is 0 Å². The Morgan fingerprint density at radius 3 is 1.94 bits per heavy atom. The lowest BCUT2D eigenvalue weighted by Gasteiger charge is -2.19. The van der Waals surface area contributed by atoms with E-state index >= 15 is 0 Å². The van der Waals surface area contributed by atoms with Gasteiger partial charge in [0.05, 0.1) is 39.6 Å². The Labute approximate surface area is 205 Å². The van der Waals surface area contributed by atoms with Crippen molar-refractivity contribution in [1.82, 2.24) is 10.6 Å². The van der Waals surface area contributed by atoms with Crippen LogP contribution in [-0.2, 0) is 30.2 Å². The van der Waals surface area contributed by atoms with Gasteiger partial charge in [0.25, 0.3) is 0 Å². The molecule has 0 spiro atoms. The summed E-state index contributed by atoms with van der Waals surface area (Å²) in [6, 6.07) is 8.37. The molecule has 0 saturated carbocycles. The Kier molecular flexibility index (Phi) is 15.3. The van der Waals surface area contributed by atoms with E-state index in [0.29, 0.717) is 59.2 Å². The van der Waals surface area contributed by atoms with E-state index in [-0.39, 0.29) is 5.91 Å². The van der Waals surface area contributed by atoms with Crippen LogP contribution in [0, 0.1) is 3.57 Å². The first-order valence-corrected chi connectivity index (χ1v) is 12.1. The lowest BCUT2D eigenvalue weighted by atomic mass is 10.1. The van der Waals surface area contributed by atoms with E-state index in [1.54, 1.807) is 0 Å². The average molecular weight is 564 g/mol. The molecule has 0 atom stereocenters. The number of alkyl carbamates (subject to hydrolysis) is 1. The van der Waals surface area contributed by atoms with Crippen LogP contribution in [0.25, 0.3) is 0 Å². The summed E-state index contributed by atoms with van der Waals surface area (Å²) in [7, 11) is 0. The second kappa shape index (κ2) is 17.1. The first-order chi connectivity index (χ1) is 15.3. The summed E-state index contributed by atoms with van der Waals surface area (Å²) in [5, 5.41) is 5.49. The number of benzene rings is 1. The van der Waals surface area contributed by atoms with Gasteiger partial charge in [-0.25, -0.2) is 4.79 Å². The van der Waals surface area contributed by atoms with Crippen LogP contribution in [0.15, 0.2) is 24.3 Å². The predicted octanol–water partition coefficient (Wildman–Crippen LogP) is 3.30. The molecule has 2 amide bonds. The Bertz CT molecular complexity index is 649. The summed E-state index contributed by atoms with van der Waals surface area (Å²) >= 11 is 2.28. The third kappa shape index (κ3) is 17.2. The molecule has 2 N–H and O–H groups in total. The maximum atomic E-state index is 11.8. The van der Waals surface area contributed by atoms with E-state index in [9.17, 15) is 9.59 Å². The van der Waals surface area contributed by atoms with E-state index in [2.05, 4.69) is 57.5 Å². The largest absolute Gasteiger partial charge is 0.444 e. The molecule has 0 fully saturated rings. The summed E-state index contributed by atoms with van der Waals surface area (Å²) in [5.41, 5.74) is 0.748. The number of ether oxygens (including phenoxy) is 4. The second-order valence-electron chi connectivity index (χ2n) is 8.10. The maximum absolute atomic E-state index is 11.8. The lowest BCUT2D eigenvalue weighted by molar-refractivity contribution is -0.121. The zero-order valence-corrected chi connectivity index (χ0v) is 21.6. The minimum atomic E-state index is -0.506. The van der Waals surface area contributed by atoms with Gasteiger partial charge in [0.15, 0.2) is 0 Å². The van der Waals surface area contributed by atoms with Gasteiger partial charge in [0.1, 0.15) is 5.60 Å². The lowest BCUT2D eigenvalue weighted by Crippen LogP contribution is -2.34. The number of rotatable bonds is 16. The molecule has 0 saturated heterocycles. The van der Waals surface area contributed by atoms with E-state index < -0.39 is 11.7 Å². The molecule has 0 aromatic heterocycles. The van der Waals surface area contributed by atoms with Crippen molar-refractivity contribution in [3.63, 3.8) is 0 Å².